The second-order valence-corrected chi connectivity index (χ2v) is 8.84. The quantitative estimate of drug-likeness (QED) is 0.438. The number of amides is 1. The molecular weight excluding hydrogens is 404 g/mol. The van der Waals surface area contributed by atoms with Crippen molar-refractivity contribution in [2.45, 2.75) is 24.1 Å². The molecule has 0 radical (unpaired) electrons. The van der Waals surface area contributed by atoms with Crippen LogP contribution in [-0.4, -0.2) is 37.7 Å². The molecule has 0 spiro atoms. The Bertz CT molecular complexity index is 1120. The molecule has 5 nitrogen and oxygen atoms in total. The second kappa shape index (κ2) is 8.94. The molecule has 6 heteroatoms. The molecule has 2 aromatic carbocycles. The minimum atomic E-state index is -0.0163. The van der Waals surface area contributed by atoms with E-state index in [0.717, 1.165) is 30.9 Å². The fourth-order valence-electron chi connectivity index (χ4n) is 4.30. The third-order valence-electron chi connectivity index (χ3n) is 5.79. The zero-order valence-corrected chi connectivity index (χ0v) is 18.0. The van der Waals surface area contributed by atoms with Crippen LogP contribution in [0.1, 0.15) is 41.1 Å². The van der Waals surface area contributed by atoms with E-state index < -0.39 is 0 Å². The molecule has 1 saturated heterocycles. The summed E-state index contributed by atoms with van der Waals surface area (Å²) in [4.78, 5) is 15.3. The number of carbonyl (C=O) groups excluding carboxylic acids is 1. The highest BCUT2D eigenvalue weighted by Crippen LogP contribution is 2.37. The van der Waals surface area contributed by atoms with E-state index >= 15 is 0 Å². The third-order valence-corrected chi connectivity index (χ3v) is 7.08. The van der Waals surface area contributed by atoms with E-state index in [1.807, 2.05) is 45.8 Å². The maximum absolute atomic E-state index is 13.3. The number of thioether (sulfide) groups is 1. The summed E-state index contributed by atoms with van der Waals surface area (Å²) in [6.45, 7) is 0.771. The van der Waals surface area contributed by atoms with Crippen molar-refractivity contribution in [2.75, 3.05) is 12.3 Å². The van der Waals surface area contributed by atoms with E-state index in [2.05, 4.69) is 58.7 Å². The van der Waals surface area contributed by atoms with E-state index in [-0.39, 0.29) is 17.2 Å². The van der Waals surface area contributed by atoms with Crippen molar-refractivity contribution < 1.29 is 4.79 Å². The Morgan fingerprint density at radius 2 is 1.61 bits per heavy atom. The molecule has 5 rings (SSSR count). The maximum atomic E-state index is 13.3. The van der Waals surface area contributed by atoms with Crippen molar-refractivity contribution in [3.63, 3.8) is 0 Å². The molecule has 1 fully saturated rings. The number of likely N-dealkylation sites (tertiary alicyclic amines) is 1. The molecule has 156 valence electrons. The van der Waals surface area contributed by atoms with Gasteiger partial charge in [0, 0.05) is 12.7 Å². The van der Waals surface area contributed by atoms with E-state index in [1.165, 1.54) is 11.1 Å². The van der Waals surface area contributed by atoms with Gasteiger partial charge in [0.05, 0.1) is 17.0 Å². The van der Waals surface area contributed by atoms with Crippen molar-refractivity contribution in [3.05, 3.63) is 102 Å². The van der Waals surface area contributed by atoms with Crippen LogP contribution in [0.25, 0.3) is 5.65 Å². The highest BCUT2D eigenvalue weighted by atomic mass is 32.2. The Morgan fingerprint density at radius 3 is 2.32 bits per heavy atom. The van der Waals surface area contributed by atoms with Gasteiger partial charge in [0.15, 0.2) is 11.5 Å². The molecule has 1 unspecified atom stereocenters. The van der Waals surface area contributed by atoms with Crippen molar-refractivity contribution in [1.29, 1.82) is 0 Å². The zero-order chi connectivity index (χ0) is 21.0. The van der Waals surface area contributed by atoms with Gasteiger partial charge < -0.3 is 4.90 Å². The summed E-state index contributed by atoms with van der Waals surface area (Å²) < 4.78 is 2.00. The Kier molecular flexibility index (Phi) is 5.71. The van der Waals surface area contributed by atoms with Gasteiger partial charge in [-0.25, -0.2) is 0 Å². The Labute approximate surface area is 186 Å². The van der Waals surface area contributed by atoms with Crippen LogP contribution in [0.3, 0.4) is 0 Å². The third kappa shape index (κ3) is 4.08. The van der Waals surface area contributed by atoms with Gasteiger partial charge in [-0.15, -0.1) is 22.0 Å². The average Bonchev–Trinajstić information content (AvgIpc) is 3.47. The van der Waals surface area contributed by atoms with Crippen LogP contribution < -0.4 is 0 Å². The smallest absolute Gasteiger partial charge is 0.233 e. The van der Waals surface area contributed by atoms with Gasteiger partial charge in [0.25, 0.3) is 0 Å². The first-order valence-electron chi connectivity index (χ1n) is 10.6. The van der Waals surface area contributed by atoms with Crippen LogP contribution in [0, 0.1) is 0 Å². The summed E-state index contributed by atoms with van der Waals surface area (Å²) >= 11 is 1.69. The van der Waals surface area contributed by atoms with Gasteiger partial charge in [0.1, 0.15) is 0 Å². The Morgan fingerprint density at radius 1 is 0.935 bits per heavy atom. The predicted molar refractivity (Wildman–Crippen MR) is 124 cm³/mol. The van der Waals surface area contributed by atoms with Crippen molar-refractivity contribution in [1.82, 2.24) is 19.5 Å². The maximum Gasteiger partial charge on any atom is 0.233 e. The Hall–Kier alpha value is -3.12. The highest BCUT2D eigenvalue weighted by molar-refractivity contribution is 8.00. The number of carbonyl (C=O) groups is 1. The number of hydrogen-bond donors (Lipinski definition) is 0. The number of hydrogen-bond acceptors (Lipinski definition) is 4. The lowest BCUT2D eigenvalue weighted by atomic mass is 10.0. The van der Waals surface area contributed by atoms with Gasteiger partial charge in [-0.05, 0) is 36.1 Å². The molecule has 0 saturated carbocycles. The summed E-state index contributed by atoms with van der Waals surface area (Å²) in [5.41, 5.74) is 3.25. The van der Waals surface area contributed by atoms with Crippen LogP contribution in [0.2, 0.25) is 0 Å². The van der Waals surface area contributed by atoms with Crippen LogP contribution in [0.5, 0.6) is 0 Å². The minimum Gasteiger partial charge on any atom is -0.332 e. The standard InChI is InChI=1S/C25H24N4OS/c30-23(18-31-24(19-10-3-1-4-11-19)20-12-5-2-6-13-20)28-17-9-14-21(28)25-27-26-22-15-7-8-16-29(22)25/h1-8,10-13,15-16,21,24H,9,14,17-18H2. The van der Waals surface area contributed by atoms with Gasteiger partial charge >= 0.3 is 0 Å². The molecular formula is C25H24N4OS. The Balaban J connectivity index is 1.35. The lowest BCUT2D eigenvalue weighted by Gasteiger charge is -2.25. The molecule has 3 heterocycles. The van der Waals surface area contributed by atoms with Crippen molar-refractivity contribution >= 4 is 23.3 Å². The number of fused-ring (bicyclic) bond motifs is 1. The lowest BCUT2D eigenvalue weighted by molar-refractivity contribution is -0.129. The first-order chi connectivity index (χ1) is 15.3. The molecule has 0 N–H and O–H groups in total. The molecule has 0 aliphatic carbocycles. The topological polar surface area (TPSA) is 50.5 Å². The normalized spacial score (nSPS) is 16.3. The van der Waals surface area contributed by atoms with E-state index in [4.69, 9.17) is 0 Å². The summed E-state index contributed by atoms with van der Waals surface area (Å²) in [7, 11) is 0. The summed E-state index contributed by atoms with van der Waals surface area (Å²) in [6.07, 6.45) is 3.89. The molecule has 4 aromatic rings. The molecule has 1 aliphatic rings. The molecule has 0 bridgehead atoms. The van der Waals surface area contributed by atoms with E-state index in [1.54, 1.807) is 11.8 Å². The largest absolute Gasteiger partial charge is 0.332 e. The average molecular weight is 429 g/mol. The van der Waals surface area contributed by atoms with Crippen molar-refractivity contribution in [2.24, 2.45) is 0 Å². The fraction of sp³-hybridized carbons (Fsp3) is 0.240. The summed E-state index contributed by atoms with van der Waals surface area (Å²) in [6, 6.07) is 26.7. The lowest BCUT2D eigenvalue weighted by Crippen LogP contribution is -2.33. The highest BCUT2D eigenvalue weighted by Gasteiger charge is 2.33. The second-order valence-electron chi connectivity index (χ2n) is 7.74. The van der Waals surface area contributed by atoms with Gasteiger partial charge in [-0.3, -0.25) is 9.20 Å². The summed E-state index contributed by atoms with van der Waals surface area (Å²) in [5, 5.41) is 8.82. The number of pyridine rings is 1. The van der Waals surface area contributed by atoms with Gasteiger partial charge in [-0.1, -0.05) is 66.7 Å². The zero-order valence-electron chi connectivity index (χ0n) is 17.2. The van der Waals surface area contributed by atoms with E-state index in [0.29, 0.717) is 5.75 Å². The molecule has 2 aromatic heterocycles. The fourth-order valence-corrected chi connectivity index (χ4v) is 5.47. The van der Waals surface area contributed by atoms with Crippen LogP contribution >= 0.6 is 11.8 Å². The van der Waals surface area contributed by atoms with E-state index in [9.17, 15) is 4.79 Å². The van der Waals surface area contributed by atoms with Crippen LogP contribution in [0.4, 0.5) is 0 Å². The minimum absolute atomic E-state index is 0.0163. The summed E-state index contributed by atoms with van der Waals surface area (Å²) in [5.74, 6) is 1.45. The van der Waals surface area contributed by atoms with Crippen LogP contribution in [0.15, 0.2) is 85.1 Å². The molecule has 31 heavy (non-hydrogen) atoms. The van der Waals surface area contributed by atoms with Gasteiger partial charge in [-0.2, -0.15) is 0 Å². The first-order valence-corrected chi connectivity index (χ1v) is 11.7. The molecule has 1 amide bonds. The number of rotatable bonds is 6. The van der Waals surface area contributed by atoms with Gasteiger partial charge in [0.2, 0.25) is 5.91 Å². The van der Waals surface area contributed by atoms with Crippen molar-refractivity contribution in [3.8, 4) is 0 Å². The van der Waals surface area contributed by atoms with Crippen LogP contribution in [-0.2, 0) is 4.79 Å². The molecule has 1 aliphatic heterocycles. The SMILES string of the molecule is O=C(CSC(c1ccccc1)c1ccccc1)N1CCCC1c1nnc2ccccn12. The first kappa shape index (κ1) is 19.8. The number of nitrogens with zero attached hydrogens (tertiary/aromatic N) is 4. The number of benzene rings is 2. The molecule has 1 atom stereocenters. The number of aromatic nitrogens is 3. The predicted octanol–water partition coefficient (Wildman–Crippen LogP) is 4.92. The monoisotopic (exact) mass is 428 g/mol.